The number of esters is 1. The maximum atomic E-state index is 12.9. The Morgan fingerprint density at radius 2 is 1.66 bits per heavy atom. The standard InChI is InChI=1S/C23H29N3O3/c1-5-25-10-12-26(13-11-25)21-9-8-19(23(28)29-4)15-20(21)24-22(27)18-7-6-16(2)17(3)14-18/h6-9,14-15H,5,10-13H2,1-4H3,(H,24,27). The van der Waals surface area contributed by atoms with E-state index in [1.807, 2.05) is 38.1 Å². The van der Waals surface area contributed by atoms with Crippen LogP contribution in [0, 0.1) is 13.8 Å². The number of nitrogens with zero attached hydrogens (tertiary/aromatic N) is 2. The molecule has 29 heavy (non-hydrogen) atoms. The van der Waals surface area contributed by atoms with Crippen LogP contribution in [0.3, 0.4) is 0 Å². The van der Waals surface area contributed by atoms with Crippen LogP contribution in [0.4, 0.5) is 11.4 Å². The van der Waals surface area contributed by atoms with Gasteiger partial charge < -0.3 is 19.9 Å². The number of piperazine rings is 1. The van der Waals surface area contributed by atoms with E-state index < -0.39 is 5.97 Å². The second-order valence-corrected chi connectivity index (χ2v) is 7.40. The molecule has 1 aliphatic rings. The Bertz CT molecular complexity index is 902. The predicted molar refractivity (Wildman–Crippen MR) is 116 cm³/mol. The van der Waals surface area contributed by atoms with Crippen LogP contribution in [-0.2, 0) is 4.74 Å². The van der Waals surface area contributed by atoms with Crippen LogP contribution in [0.1, 0.15) is 38.8 Å². The Morgan fingerprint density at radius 1 is 0.966 bits per heavy atom. The lowest BCUT2D eigenvalue weighted by molar-refractivity contribution is 0.0600. The van der Waals surface area contributed by atoms with Gasteiger partial charge in [0.05, 0.1) is 24.0 Å². The zero-order chi connectivity index (χ0) is 21.0. The largest absolute Gasteiger partial charge is 0.465 e. The number of nitrogens with one attached hydrogen (secondary N) is 1. The number of aryl methyl sites for hydroxylation is 2. The van der Waals surface area contributed by atoms with Gasteiger partial charge in [-0.3, -0.25) is 4.79 Å². The van der Waals surface area contributed by atoms with Gasteiger partial charge >= 0.3 is 5.97 Å². The summed E-state index contributed by atoms with van der Waals surface area (Å²) in [5, 5.41) is 3.01. The number of benzene rings is 2. The van der Waals surface area contributed by atoms with Crippen molar-refractivity contribution in [1.82, 2.24) is 4.90 Å². The monoisotopic (exact) mass is 395 g/mol. The smallest absolute Gasteiger partial charge is 0.337 e. The lowest BCUT2D eigenvalue weighted by Crippen LogP contribution is -2.46. The number of carbonyl (C=O) groups is 2. The van der Waals surface area contributed by atoms with E-state index in [2.05, 4.69) is 22.0 Å². The van der Waals surface area contributed by atoms with Crippen molar-refractivity contribution in [2.24, 2.45) is 0 Å². The summed E-state index contributed by atoms with van der Waals surface area (Å²) in [5.74, 6) is -0.613. The lowest BCUT2D eigenvalue weighted by Gasteiger charge is -2.36. The summed E-state index contributed by atoms with van der Waals surface area (Å²) in [7, 11) is 1.35. The van der Waals surface area contributed by atoms with Crippen LogP contribution in [0.2, 0.25) is 0 Å². The molecule has 0 saturated carbocycles. The number of anilines is 2. The average molecular weight is 396 g/mol. The summed E-state index contributed by atoms with van der Waals surface area (Å²) in [4.78, 5) is 29.6. The summed E-state index contributed by atoms with van der Waals surface area (Å²) in [5.41, 5.74) is 4.77. The number of ether oxygens (including phenoxy) is 1. The van der Waals surface area contributed by atoms with Gasteiger partial charge in [0, 0.05) is 31.7 Å². The maximum absolute atomic E-state index is 12.9. The first-order chi connectivity index (χ1) is 13.9. The third-order valence-corrected chi connectivity index (χ3v) is 5.60. The maximum Gasteiger partial charge on any atom is 0.337 e. The number of likely N-dealkylation sites (N-methyl/N-ethyl adjacent to an activating group) is 1. The molecule has 2 aromatic carbocycles. The van der Waals surface area contributed by atoms with E-state index >= 15 is 0 Å². The van der Waals surface area contributed by atoms with E-state index in [9.17, 15) is 9.59 Å². The van der Waals surface area contributed by atoms with Crippen molar-refractivity contribution in [2.75, 3.05) is 50.1 Å². The van der Waals surface area contributed by atoms with Crippen molar-refractivity contribution in [3.63, 3.8) is 0 Å². The molecule has 1 aliphatic heterocycles. The summed E-state index contributed by atoms with van der Waals surface area (Å²) < 4.78 is 4.85. The van der Waals surface area contributed by atoms with E-state index in [0.717, 1.165) is 49.5 Å². The van der Waals surface area contributed by atoms with Gasteiger partial charge in [-0.05, 0) is 61.9 Å². The number of rotatable bonds is 5. The third-order valence-electron chi connectivity index (χ3n) is 5.60. The highest BCUT2D eigenvalue weighted by Gasteiger charge is 2.21. The van der Waals surface area contributed by atoms with Crippen molar-refractivity contribution in [3.05, 3.63) is 58.7 Å². The molecule has 0 aliphatic carbocycles. The molecule has 1 saturated heterocycles. The van der Waals surface area contributed by atoms with Gasteiger partial charge in [0.15, 0.2) is 0 Å². The van der Waals surface area contributed by atoms with Crippen LogP contribution in [0.5, 0.6) is 0 Å². The number of amides is 1. The molecule has 3 rings (SSSR count). The SMILES string of the molecule is CCN1CCN(c2ccc(C(=O)OC)cc2NC(=O)c2ccc(C)c(C)c2)CC1. The molecule has 6 nitrogen and oxygen atoms in total. The van der Waals surface area contributed by atoms with Gasteiger partial charge in [0.25, 0.3) is 5.91 Å². The molecule has 1 N–H and O–H groups in total. The summed E-state index contributed by atoms with van der Waals surface area (Å²) in [6, 6.07) is 11.0. The van der Waals surface area contributed by atoms with Gasteiger partial charge in [0.1, 0.15) is 0 Å². The molecule has 0 unspecified atom stereocenters. The second kappa shape index (κ2) is 9.09. The van der Waals surface area contributed by atoms with Crippen molar-refractivity contribution >= 4 is 23.3 Å². The van der Waals surface area contributed by atoms with E-state index in [1.165, 1.54) is 7.11 Å². The highest BCUT2D eigenvalue weighted by atomic mass is 16.5. The molecule has 1 amide bonds. The highest BCUT2D eigenvalue weighted by Crippen LogP contribution is 2.29. The fraction of sp³-hybridized carbons (Fsp3) is 0.391. The first-order valence-corrected chi connectivity index (χ1v) is 10.0. The Balaban J connectivity index is 1.90. The van der Waals surface area contributed by atoms with Gasteiger partial charge in [-0.25, -0.2) is 4.79 Å². The second-order valence-electron chi connectivity index (χ2n) is 7.40. The molecular weight excluding hydrogens is 366 g/mol. The van der Waals surface area contributed by atoms with Gasteiger partial charge in [-0.2, -0.15) is 0 Å². The molecule has 6 heteroatoms. The lowest BCUT2D eigenvalue weighted by atomic mass is 10.1. The fourth-order valence-electron chi connectivity index (χ4n) is 3.54. The van der Waals surface area contributed by atoms with Gasteiger partial charge in [-0.15, -0.1) is 0 Å². The highest BCUT2D eigenvalue weighted by molar-refractivity contribution is 6.07. The number of methoxy groups -OCH3 is 1. The fourth-order valence-corrected chi connectivity index (χ4v) is 3.54. The van der Waals surface area contributed by atoms with Crippen LogP contribution >= 0.6 is 0 Å². The van der Waals surface area contributed by atoms with E-state index in [4.69, 9.17) is 4.74 Å². The van der Waals surface area contributed by atoms with Crippen LogP contribution in [-0.4, -0.2) is 56.6 Å². The number of hydrogen-bond donors (Lipinski definition) is 1. The Morgan fingerprint density at radius 3 is 2.28 bits per heavy atom. The van der Waals surface area contributed by atoms with Crippen molar-refractivity contribution in [2.45, 2.75) is 20.8 Å². The minimum Gasteiger partial charge on any atom is -0.465 e. The quantitative estimate of drug-likeness (QED) is 0.786. The van der Waals surface area contributed by atoms with Crippen molar-refractivity contribution in [1.29, 1.82) is 0 Å². The molecule has 0 spiro atoms. The van der Waals surface area contributed by atoms with Crippen LogP contribution in [0.25, 0.3) is 0 Å². The molecule has 0 atom stereocenters. The molecular formula is C23H29N3O3. The minimum atomic E-state index is -0.422. The van der Waals surface area contributed by atoms with E-state index in [1.54, 1.807) is 12.1 Å². The first-order valence-electron chi connectivity index (χ1n) is 10.0. The van der Waals surface area contributed by atoms with Crippen molar-refractivity contribution in [3.8, 4) is 0 Å². The topological polar surface area (TPSA) is 61.9 Å². The molecule has 154 valence electrons. The van der Waals surface area contributed by atoms with E-state index in [0.29, 0.717) is 16.8 Å². The number of hydrogen-bond acceptors (Lipinski definition) is 5. The van der Waals surface area contributed by atoms with Crippen LogP contribution < -0.4 is 10.2 Å². The Hall–Kier alpha value is -2.86. The molecule has 2 aromatic rings. The molecule has 1 fully saturated rings. The third kappa shape index (κ3) is 4.77. The Labute approximate surface area is 172 Å². The molecule has 0 bridgehead atoms. The summed E-state index contributed by atoms with van der Waals surface area (Å²) >= 11 is 0. The zero-order valence-corrected chi connectivity index (χ0v) is 17.6. The van der Waals surface area contributed by atoms with E-state index in [-0.39, 0.29) is 5.91 Å². The van der Waals surface area contributed by atoms with Gasteiger partial charge in [0.2, 0.25) is 0 Å². The zero-order valence-electron chi connectivity index (χ0n) is 17.6. The molecule has 0 radical (unpaired) electrons. The first kappa shape index (κ1) is 20.9. The Kier molecular flexibility index (Phi) is 6.54. The summed E-state index contributed by atoms with van der Waals surface area (Å²) in [6.07, 6.45) is 0. The minimum absolute atomic E-state index is 0.191. The number of carbonyl (C=O) groups excluding carboxylic acids is 2. The van der Waals surface area contributed by atoms with Crippen LogP contribution in [0.15, 0.2) is 36.4 Å². The van der Waals surface area contributed by atoms with Crippen molar-refractivity contribution < 1.29 is 14.3 Å². The van der Waals surface area contributed by atoms with Gasteiger partial charge in [-0.1, -0.05) is 13.0 Å². The normalized spacial score (nSPS) is 14.6. The predicted octanol–water partition coefficient (Wildman–Crippen LogP) is 3.48. The summed E-state index contributed by atoms with van der Waals surface area (Å²) in [6.45, 7) is 10.9. The molecule has 0 aromatic heterocycles. The average Bonchev–Trinajstić information content (AvgIpc) is 2.75. The molecule has 1 heterocycles.